The molecule has 3 fully saturated rings. The van der Waals surface area contributed by atoms with Gasteiger partial charge in [0.2, 0.25) is 0 Å². The van der Waals surface area contributed by atoms with Gasteiger partial charge in [0.25, 0.3) is 0 Å². The summed E-state index contributed by atoms with van der Waals surface area (Å²) in [6, 6.07) is 0. The van der Waals surface area contributed by atoms with Crippen LogP contribution < -0.4 is 0 Å². The van der Waals surface area contributed by atoms with E-state index in [0.717, 1.165) is 0 Å². The molecule has 0 aliphatic heterocycles. The van der Waals surface area contributed by atoms with Crippen LogP contribution in [0, 0.1) is 0 Å². The van der Waals surface area contributed by atoms with Crippen LogP contribution in [-0.2, 0) is 13.3 Å². The molecule has 0 aromatic rings. The van der Waals surface area contributed by atoms with Crippen molar-refractivity contribution in [3.05, 3.63) is 0 Å². The minimum atomic E-state index is -10.5. The average molecular weight is 934 g/mol. The second kappa shape index (κ2) is 10.7. The second-order valence-electron chi connectivity index (χ2n) is 11.6. The van der Waals surface area contributed by atoms with Gasteiger partial charge >= 0.3 is 115 Å². The molecule has 3 aliphatic carbocycles. The first kappa shape index (κ1) is 48.2. The molecule has 3 nitrogen and oxygen atoms in total. The van der Waals surface area contributed by atoms with Gasteiger partial charge in [0.05, 0.1) is 0 Å². The molecule has 0 atom stereocenters. The third kappa shape index (κ3) is 4.23. The normalized spacial score (nSPS) is 34.2. The van der Waals surface area contributed by atoms with Crippen molar-refractivity contribution in [1.82, 2.24) is 0 Å². The van der Waals surface area contributed by atoms with Crippen molar-refractivity contribution < 1.29 is 158 Å². The van der Waals surface area contributed by atoms with Crippen LogP contribution >= 0.6 is 0 Å². The van der Waals surface area contributed by atoms with Gasteiger partial charge in [0.1, 0.15) is 0 Å². The van der Waals surface area contributed by atoms with Crippen molar-refractivity contribution in [3.8, 4) is 0 Å². The maximum atomic E-state index is 15.4. The summed E-state index contributed by atoms with van der Waals surface area (Å²) in [7, 11) is -10.5. The second-order valence-corrected chi connectivity index (χ2v) is 13.9. The molecular weight excluding hydrogens is 931 g/mol. The quantitative estimate of drug-likeness (QED) is 0.196. The van der Waals surface area contributed by atoms with E-state index >= 15 is 13.2 Å². The summed E-state index contributed by atoms with van der Waals surface area (Å²) < 4.78 is 473. The molecule has 3 rings (SSSR count). The molecule has 0 amide bonds. The van der Waals surface area contributed by atoms with Gasteiger partial charge in [-0.1, -0.05) is 0 Å². The Labute approximate surface area is 281 Å². The molecular formula is C19H3F33O3Si. The average Bonchev–Trinajstić information content (AvgIpc) is 2.97. The van der Waals surface area contributed by atoms with Gasteiger partial charge in [0.15, 0.2) is 0 Å². The molecule has 0 aromatic heterocycles. The minimum absolute atomic E-state index is 1.81. The Hall–Kier alpha value is -2.21. The first-order chi connectivity index (χ1) is 23.6. The van der Waals surface area contributed by atoms with E-state index in [-0.39, 0.29) is 0 Å². The number of hydrogen-bond donors (Lipinski definition) is 0. The molecule has 0 heterocycles. The van der Waals surface area contributed by atoms with Gasteiger partial charge in [-0.05, 0) is 0 Å². The fourth-order valence-corrected chi connectivity index (χ4v) is 7.22. The summed E-state index contributed by atoms with van der Waals surface area (Å²) in [4.78, 5) is 0. The van der Waals surface area contributed by atoms with Crippen molar-refractivity contribution in [2.75, 3.05) is 0 Å². The lowest BCUT2D eigenvalue weighted by molar-refractivity contribution is -0.537. The number of alkyl halides is 33. The van der Waals surface area contributed by atoms with Crippen molar-refractivity contribution >= 4 is 8.80 Å². The maximum absolute atomic E-state index is 15.4. The Kier molecular flexibility index (Phi) is 9.24. The Morgan fingerprint density at radius 1 is 0.196 bits per heavy atom. The third-order valence-corrected chi connectivity index (χ3v) is 10.1. The van der Waals surface area contributed by atoms with Crippen LogP contribution in [0.4, 0.5) is 145 Å². The molecule has 0 N–H and O–H groups in total. The topological polar surface area (TPSA) is 27.7 Å². The number of rotatable bonds is 6. The first-order valence-electron chi connectivity index (χ1n) is 12.5. The molecule has 0 unspecified atom stereocenters. The number of hydrogen-bond acceptors (Lipinski definition) is 3. The third-order valence-electron chi connectivity index (χ3n) is 8.13. The van der Waals surface area contributed by atoms with Gasteiger partial charge in [-0.3, -0.25) is 0 Å². The van der Waals surface area contributed by atoms with Gasteiger partial charge in [0, 0.05) is 6.55 Å². The van der Waals surface area contributed by atoms with Crippen LogP contribution in [0.5, 0.6) is 0 Å². The molecule has 332 valence electrons. The van der Waals surface area contributed by atoms with E-state index in [1.54, 1.807) is 0 Å². The molecule has 0 spiro atoms. The summed E-state index contributed by atoms with van der Waals surface area (Å²) in [6.07, 6.45) is 0. The summed E-state index contributed by atoms with van der Waals surface area (Å²) in [5, 5.41) is 0. The van der Waals surface area contributed by atoms with Gasteiger partial charge in [-0.2, -0.15) is 145 Å². The Morgan fingerprint density at radius 3 is 0.393 bits per heavy atom. The van der Waals surface area contributed by atoms with Crippen LogP contribution in [0.25, 0.3) is 0 Å². The smallest absolute Gasteiger partial charge is 0.330 e. The molecule has 0 saturated heterocycles. The van der Waals surface area contributed by atoms with E-state index in [1.165, 1.54) is 0 Å². The highest BCUT2D eigenvalue weighted by Gasteiger charge is 3.07. The molecule has 3 aliphatic rings. The Morgan fingerprint density at radius 2 is 0.286 bits per heavy atom. The molecule has 56 heavy (non-hydrogen) atoms. The lowest BCUT2D eigenvalue weighted by Crippen LogP contribution is -2.89. The lowest BCUT2D eigenvalue weighted by atomic mass is 9.79. The number of halogens is 33. The first-order valence-corrected chi connectivity index (χ1v) is 14.7. The van der Waals surface area contributed by atoms with Crippen LogP contribution in [0.15, 0.2) is 0 Å². The predicted octanol–water partition coefficient (Wildman–Crippen LogP) is 10.2. The summed E-state index contributed by atoms with van der Waals surface area (Å²) in [5.41, 5.74) is 0. The SMILES string of the molecule is C[Si](OC1(F)C(F)(F)C(F)(F)C(F)(F)C(F)(F)C1(F)F)(OC1(F)C(F)(F)C(F)(F)C(F)(F)C(F)(F)C1(F)F)OC1(F)C(F)(F)C(F)(F)C(F)(F)C(F)(F)C1(F)F. The van der Waals surface area contributed by atoms with E-state index in [9.17, 15) is 132 Å². The van der Waals surface area contributed by atoms with Crippen molar-refractivity contribution in [2.45, 2.75) is 113 Å². The Balaban J connectivity index is 2.63. The summed E-state index contributed by atoms with van der Waals surface area (Å²) in [6.45, 7) is -2.43. The maximum Gasteiger partial charge on any atom is 0.505 e. The van der Waals surface area contributed by atoms with Crippen LogP contribution in [0.2, 0.25) is 6.55 Å². The van der Waals surface area contributed by atoms with Crippen molar-refractivity contribution in [3.63, 3.8) is 0 Å². The largest absolute Gasteiger partial charge is 0.505 e. The fourth-order valence-electron chi connectivity index (χ4n) is 4.79. The van der Waals surface area contributed by atoms with Crippen LogP contribution in [-0.4, -0.2) is 115 Å². The van der Waals surface area contributed by atoms with Gasteiger partial charge in [-0.25, -0.2) is 0 Å². The standard InChI is InChI=1S/C19H3F33O3Si/c1-56(53-17(50)11(38,39)5(26,27)2(20,21)6(28,29)12(17,40)41,54-18(51)13(42,43)7(30,31)3(22,23)8(32,33)14(18,44)45)55-19(52)15(46,47)9(34,35)4(24,25)10(36,37)16(19,48)49/h1H3. The molecule has 3 saturated carbocycles. The zero-order valence-corrected chi connectivity index (χ0v) is 25.2. The monoisotopic (exact) mass is 934 g/mol. The van der Waals surface area contributed by atoms with Crippen molar-refractivity contribution in [1.29, 1.82) is 0 Å². The zero-order chi connectivity index (χ0) is 45.6. The highest BCUT2D eigenvalue weighted by Crippen LogP contribution is 2.75. The van der Waals surface area contributed by atoms with Crippen LogP contribution in [0.1, 0.15) is 0 Å². The molecule has 0 bridgehead atoms. The van der Waals surface area contributed by atoms with E-state index in [0.29, 0.717) is 0 Å². The van der Waals surface area contributed by atoms with E-state index < -0.39 is 122 Å². The molecule has 37 heteroatoms. The van der Waals surface area contributed by atoms with E-state index in [1.807, 2.05) is 13.3 Å². The Bertz CT molecular complexity index is 1340. The summed E-state index contributed by atoms with van der Waals surface area (Å²) >= 11 is 0. The van der Waals surface area contributed by atoms with Crippen LogP contribution in [0.3, 0.4) is 0 Å². The summed E-state index contributed by atoms with van der Waals surface area (Å²) in [5.74, 6) is -161. The zero-order valence-electron chi connectivity index (χ0n) is 24.2. The van der Waals surface area contributed by atoms with Crippen molar-refractivity contribution in [2.24, 2.45) is 0 Å². The van der Waals surface area contributed by atoms with E-state index in [4.69, 9.17) is 0 Å². The van der Waals surface area contributed by atoms with Gasteiger partial charge < -0.3 is 13.3 Å². The fraction of sp³-hybridized carbons (Fsp3) is 1.00. The highest BCUT2D eigenvalue weighted by atomic mass is 28.4. The molecule has 0 aromatic carbocycles. The van der Waals surface area contributed by atoms with E-state index in [2.05, 4.69) is 0 Å². The lowest BCUT2D eigenvalue weighted by Gasteiger charge is -2.57. The molecule has 0 radical (unpaired) electrons. The minimum Gasteiger partial charge on any atom is -0.330 e. The van der Waals surface area contributed by atoms with Gasteiger partial charge in [-0.15, -0.1) is 0 Å². The highest BCUT2D eigenvalue weighted by molar-refractivity contribution is 6.59. The predicted molar refractivity (Wildman–Crippen MR) is 101 cm³/mol.